The number of pyridine rings is 1. The van der Waals surface area contributed by atoms with Crippen LogP contribution in [0.4, 0.5) is 5.69 Å². The summed E-state index contributed by atoms with van der Waals surface area (Å²) >= 11 is 0. The smallest absolute Gasteiger partial charge is 0.213 e. The maximum atomic E-state index is 6.56. The number of H-pyrrole nitrogens is 1. The maximum Gasteiger partial charge on any atom is 0.213 e. The van der Waals surface area contributed by atoms with Gasteiger partial charge in [-0.05, 0) is 34.1 Å². The van der Waals surface area contributed by atoms with Gasteiger partial charge < -0.3 is 23.6 Å². The molecule has 1 heterocycles. The molecule has 0 atom stereocenters. The van der Waals surface area contributed by atoms with Crippen molar-refractivity contribution in [2.75, 3.05) is 5.73 Å². The average Bonchev–Trinajstić information content (AvgIpc) is 2.45. The number of anilines is 1. The molecular weight excluding hydrogens is 332 g/mol. The standard InChI is InChI=1S/C21H26N2.ClH.H2O/c1-20(2,3)13-7-9-17-15(11-13)19(22)16-12-14(21(4,5)6)8-10-18(16)23-17;;/h7-12H,1-6H3,(H2,22,23);1H;1H2. The summed E-state index contributed by atoms with van der Waals surface area (Å²) in [6.45, 7) is 13.4. The maximum absolute atomic E-state index is 6.56. The number of aromatic nitrogens is 1. The summed E-state index contributed by atoms with van der Waals surface area (Å²) in [5, 5.41) is 2.21. The molecule has 0 aliphatic carbocycles. The fourth-order valence-electron chi connectivity index (χ4n) is 2.98. The second-order valence-corrected chi connectivity index (χ2v) is 8.56. The van der Waals surface area contributed by atoms with Crippen LogP contribution in [0.1, 0.15) is 52.7 Å². The first kappa shape index (κ1) is 21.2. The Balaban J connectivity index is 0.00000156. The molecule has 5 N–H and O–H groups in total. The monoisotopic (exact) mass is 360 g/mol. The zero-order valence-corrected chi connectivity index (χ0v) is 16.7. The van der Waals surface area contributed by atoms with Crippen LogP contribution >= 0.6 is 0 Å². The number of hydrogen-bond acceptors (Lipinski definition) is 1. The summed E-state index contributed by atoms with van der Waals surface area (Å²) < 4.78 is 0. The summed E-state index contributed by atoms with van der Waals surface area (Å²) in [6, 6.07) is 13.1. The van der Waals surface area contributed by atoms with E-state index < -0.39 is 0 Å². The normalized spacial score (nSPS) is 11.9. The summed E-state index contributed by atoms with van der Waals surface area (Å²) in [6.07, 6.45) is 0. The lowest BCUT2D eigenvalue weighted by Crippen LogP contribution is -3.00. The molecular formula is C21H29ClN2O. The topological polar surface area (TPSA) is 71.7 Å². The van der Waals surface area contributed by atoms with Gasteiger partial charge >= 0.3 is 0 Å². The molecule has 1 aromatic heterocycles. The van der Waals surface area contributed by atoms with Crippen LogP contribution in [0.5, 0.6) is 0 Å². The second kappa shape index (κ2) is 6.81. The van der Waals surface area contributed by atoms with Crippen molar-refractivity contribution in [3.63, 3.8) is 0 Å². The van der Waals surface area contributed by atoms with E-state index in [4.69, 9.17) is 5.73 Å². The quantitative estimate of drug-likeness (QED) is 0.600. The van der Waals surface area contributed by atoms with Crippen molar-refractivity contribution < 1.29 is 22.9 Å². The first-order valence-corrected chi connectivity index (χ1v) is 8.26. The Hall–Kier alpha value is -1.84. The minimum Gasteiger partial charge on any atom is -1.00 e. The lowest BCUT2D eigenvalue weighted by atomic mass is 9.85. The Morgan fingerprint density at radius 1 is 0.720 bits per heavy atom. The highest BCUT2D eigenvalue weighted by Crippen LogP contribution is 2.33. The molecule has 0 unspecified atom stereocenters. The lowest BCUT2D eigenvalue weighted by Gasteiger charge is -2.20. The van der Waals surface area contributed by atoms with Crippen LogP contribution in [-0.4, -0.2) is 5.48 Å². The van der Waals surface area contributed by atoms with Crippen molar-refractivity contribution in [2.24, 2.45) is 0 Å². The Labute approximate surface area is 156 Å². The summed E-state index contributed by atoms with van der Waals surface area (Å²) in [7, 11) is 0. The molecule has 0 aliphatic rings. The predicted molar refractivity (Wildman–Crippen MR) is 103 cm³/mol. The van der Waals surface area contributed by atoms with Gasteiger partial charge in [-0.15, -0.1) is 0 Å². The molecule has 3 nitrogen and oxygen atoms in total. The zero-order valence-electron chi connectivity index (χ0n) is 15.9. The Kier molecular flexibility index (Phi) is 5.78. The molecule has 3 aromatic rings. The first-order chi connectivity index (χ1) is 10.6. The van der Waals surface area contributed by atoms with Gasteiger partial charge in [0.2, 0.25) is 11.0 Å². The number of fused-ring (bicyclic) bond motifs is 2. The van der Waals surface area contributed by atoms with Crippen molar-refractivity contribution >= 4 is 27.5 Å². The molecule has 2 aromatic carbocycles. The highest BCUT2D eigenvalue weighted by atomic mass is 35.5. The fourth-order valence-corrected chi connectivity index (χ4v) is 2.98. The van der Waals surface area contributed by atoms with Gasteiger partial charge in [0.1, 0.15) is 0 Å². The van der Waals surface area contributed by atoms with Gasteiger partial charge in [0.15, 0.2) is 0 Å². The molecule has 0 saturated carbocycles. The van der Waals surface area contributed by atoms with E-state index in [1.54, 1.807) is 0 Å². The molecule has 0 bridgehead atoms. The Bertz CT molecular complexity index is 834. The van der Waals surface area contributed by atoms with Gasteiger partial charge in [0.05, 0.1) is 16.5 Å². The highest BCUT2D eigenvalue weighted by Gasteiger charge is 2.20. The minimum atomic E-state index is 0. The van der Waals surface area contributed by atoms with E-state index in [9.17, 15) is 0 Å². The second-order valence-electron chi connectivity index (χ2n) is 8.56. The van der Waals surface area contributed by atoms with E-state index in [-0.39, 0.29) is 28.7 Å². The number of rotatable bonds is 0. The van der Waals surface area contributed by atoms with Crippen LogP contribution in [-0.2, 0) is 10.8 Å². The van der Waals surface area contributed by atoms with Crippen LogP contribution in [0.2, 0.25) is 0 Å². The summed E-state index contributed by atoms with van der Waals surface area (Å²) in [4.78, 5) is 3.53. The molecule has 0 saturated heterocycles. The number of hydrogen-bond donors (Lipinski definition) is 1. The number of halogens is 1. The molecule has 0 aliphatic heterocycles. The molecule has 0 amide bonds. The van der Waals surface area contributed by atoms with Gasteiger partial charge in [0.25, 0.3) is 0 Å². The molecule has 0 radical (unpaired) electrons. The fraction of sp³-hybridized carbons (Fsp3) is 0.381. The lowest BCUT2D eigenvalue weighted by molar-refractivity contribution is -0.310. The van der Waals surface area contributed by atoms with Crippen LogP contribution in [0.25, 0.3) is 21.8 Å². The molecule has 0 fully saturated rings. The van der Waals surface area contributed by atoms with E-state index in [1.165, 1.54) is 11.1 Å². The molecule has 136 valence electrons. The van der Waals surface area contributed by atoms with E-state index >= 15 is 0 Å². The summed E-state index contributed by atoms with van der Waals surface area (Å²) in [5.41, 5.74) is 12.4. The average molecular weight is 361 g/mol. The van der Waals surface area contributed by atoms with E-state index in [0.29, 0.717) is 0 Å². The highest BCUT2D eigenvalue weighted by molar-refractivity contribution is 6.03. The number of benzene rings is 2. The third kappa shape index (κ3) is 3.88. The van der Waals surface area contributed by atoms with Crippen molar-refractivity contribution in [2.45, 2.75) is 52.4 Å². The SMILES string of the molecule is CC(C)(C)c1ccc2[nH+]c3ccc(C(C)(C)C)cc3c(N)c2c1.O.[Cl-]. The van der Waals surface area contributed by atoms with Crippen LogP contribution in [0.3, 0.4) is 0 Å². The van der Waals surface area contributed by atoms with Crippen molar-refractivity contribution in [3.8, 4) is 0 Å². The van der Waals surface area contributed by atoms with E-state index in [1.807, 2.05) is 0 Å². The van der Waals surface area contributed by atoms with Crippen molar-refractivity contribution in [1.29, 1.82) is 0 Å². The number of nitrogens with one attached hydrogen (secondary N) is 1. The molecule has 4 heteroatoms. The Morgan fingerprint density at radius 3 is 1.40 bits per heavy atom. The predicted octanol–water partition coefficient (Wildman–Crippen LogP) is 1.16. The van der Waals surface area contributed by atoms with Gasteiger partial charge in [-0.2, -0.15) is 0 Å². The van der Waals surface area contributed by atoms with Gasteiger partial charge in [-0.1, -0.05) is 53.7 Å². The van der Waals surface area contributed by atoms with Crippen LogP contribution in [0.15, 0.2) is 36.4 Å². The van der Waals surface area contributed by atoms with Crippen molar-refractivity contribution in [1.82, 2.24) is 0 Å². The molecule has 3 rings (SSSR count). The third-order valence-electron chi connectivity index (χ3n) is 4.62. The largest absolute Gasteiger partial charge is 1.00 e. The Morgan fingerprint density at radius 2 is 1.08 bits per heavy atom. The van der Waals surface area contributed by atoms with Gasteiger partial charge in [-0.3, -0.25) is 0 Å². The van der Waals surface area contributed by atoms with Crippen LogP contribution < -0.4 is 23.1 Å². The van der Waals surface area contributed by atoms with Gasteiger partial charge in [-0.25, -0.2) is 4.98 Å². The number of nitrogen functional groups attached to an aromatic ring is 1. The van der Waals surface area contributed by atoms with E-state index in [0.717, 1.165) is 27.5 Å². The zero-order chi connectivity index (χ0) is 17.0. The molecule has 25 heavy (non-hydrogen) atoms. The first-order valence-electron chi connectivity index (χ1n) is 8.26. The van der Waals surface area contributed by atoms with Gasteiger partial charge in [0, 0.05) is 12.1 Å². The number of aromatic amines is 1. The minimum absolute atomic E-state index is 0. The van der Waals surface area contributed by atoms with Crippen molar-refractivity contribution in [3.05, 3.63) is 47.5 Å². The number of nitrogens with two attached hydrogens (primary N) is 1. The molecule has 0 spiro atoms. The summed E-state index contributed by atoms with van der Waals surface area (Å²) in [5.74, 6) is 0. The van der Waals surface area contributed by atoms with Crippen LogP contribution in [0, 0.1) is 0 Å². The van der Waals surface area contributed by atoms with E-state index in [2.05, 4.69) is 82.9 Å². The third-order valence-corrected chi connectivity index (χ3v) is 4.62.